The first-order valence-corrected chi connectivity index (χ1v) is 27.6. The first-order valence-electron chi connectivity index (χ1n) is 25.2. The normalized spacial score (nSPS) is 16.1. The molecule has 0 radical (unpaired) electrons. The summed E-state index contributed by atoms with van der Waals surface area (Å²) in [5.74, 6) is -8.39. The van der Waals surface area contributed by atoms with Gasteiger partial charge in [-0.2, -0.15) is 11.8 Å². The van der Waals surface area contributed by atoms with E-state index in [1.165, 1.54) is 18.7 Å². The van der Waals surface area contributed by atoms with Crippen LogP contribution < -0.4 is 48.7 Å². The minimum Gasteiger partial charge on any atom is -0.368 e. The fraction of sp³-hybridized carbons (Fsp3) is 0.667. The number of rotatable bonds is 39. The van der Waals surface area contributed by atoms with Gasteiger partial charge < -0.3 is 53.5 Å². The van der Waals surface area contributed by atoms with Gasteiger partial charge in [-0.15, -0.1) is 11.8 Å². The van der Waals surface area contributed by atoms with Gasteiger partial charge in [-0.1, -0.05) is 13.8 Å². The van der Waals surface area contributed by atoms with Crippen molar-refractivity contribution in [2.24, 2.45) is 17.4 Å². The molecule has 0 saturated carbocycles. The lowest BCUT2D eigenvalue weighted by molar-refractivity contribution is -0.140. The number of nitrogens with zero attached hydrogens (tertiary/aromatic N) is 2. The van der Waals surface area contributed by atoms with Crippen LogP contribution in [0.3, 0.4) is 0 Å². The maximum absolute atomic E-state index is 13.8. The lowest BCUT2D eigenvalue weighted by atomic mass is 10.0. The smallest absolute Gasteiger partial charge is 0.253 e. The van der Waals surface area contributed by atoms with Crippen LogP contribution in [-0.4, -0.2) is 172 Å². The molecule has 0 aromatic rings. The van der Waals surface area contributed by atoms with Crippen molar-refractivity contribution >= 4 is 106 Å². The van der Waals surface area contributed by atoms with Crippen molar-refractivity contribution in [3.05, 3.63) is 12.2 Å². The Morgan fingerprint density at radius 2 is 1.04 bits per heavy atom. The molecular formula is C48H75N11O14S2. The highest BCUT2D eigenvalue weighted by Crippen LogP contribution is 2.28. The number of thioether (sulfide) groups is 2. The summed E-state index contributed by atoms with van der Waals surface area (Å²) < 4.78 is 0. The predicted octanol–water partition coefficient (Wildman–Crippen LogP) is -1.90. The van der Waals surface area contributed by atoms with E-state index in [0.717, 1.165) is 33.7 Å². The molecule has 27 heteroatoms. The number of ketones is 1. The summed E-state index contributed by atoms with van der Waals surface area (Å²) in [6.07, 6.45) is 6.51. The van der Waals surface area contributed by atoms with Crippen molar-refractivity contribution in [1.82, 2.24) is 47.0 Å². The number of likely N-dealkylation sites (tertiary alicyclic amines) is 1. The summed E-state index contributed by atoms with van der Waals surface area (Å²) in [5, 5.41) is 17.7. The van der Waals surface area contributed by atoms with Crippen LogP contribution >= 0.6 is 23.5 Å². The monoisotopic (exact) mass is 1090 g/mol. The molecule has 0 aliphatic carbocycles. The highest BCUT2D eigenvalue weighted by Gasteiger charge is 2.40. The number of nitrogens with one attached hydrogen (secondary N) is 7. The van der Waals surface area contributed by atoms with Crippen LogP contribution in [0.1, 0.15) is 117 Å². The Kier molecular flexibility index (Phi) is 30.2. The van der Waals surface area contributed by atoms with Crippen LogP contribution in [0, 0.1) is 5.92 Å². The van der Waals surface area contributed by atoms with Gasteiger partial charge in [-0.3, -0.25) is 72.1 Å². The van der Waals surface area contributed by atoms with Crippen LogP contribution in [0.25, 0.3) is 0 Å². The number of hydrogen-bond donors (Lipinski definition) is 9. The Morgan fingerprint density at radius 3 is 1.52 bits per heavy atom. The molecule has 0 aromatic heterocycles. The number of nitrogens with two attached hydrogens (primary N) is 2. The number of Topliss-reactive ketones (excluding diaryl/α,β-unsaturated/α-hetero) is 1. The number of amides is 13. The molecule has 0 spiro atoms. The number of carbonyl (C=O) groups is 14. The topological polar surface area (TPSA) is 382 Å². The van der Waals surface area contributed by atoms with E-state index >= 15 is 0 Å². The lowest BCUT2D eigenvalue weighted by Gasteiger charge is -2.24. The lowest BCUT2D eigenvalue weighted by Crippen LogP contribution is -2.54. The average Bonchev–Trinajstić information content (AvgIpc) is 3.83. The molecule has 2 heterocycles. The molecule has 2 rings (SSSR count). The van der Waals surface area contributed by atoms with E-state index in [9.17, 15) is 67.1 Å². The Balaban J connectivity index is 1.91. The number of carbonyl (C=O) groups excluding carboxylic acids is 14. The summed E-state index contributed by atoms with van der Waals surface area (Å²) in [6, 6.07) is -4.24. The molecule has 418 valence electrons. The number of primary amides is 2. The van der Waals surface area contributed by atoms with E-state index in [2.05, 4.69) is 37.2 Å². The van der Waals surface area contributed by atoms with Crippen LogP contribution in [0.15, 0.2) is 12.2 Å². The molecule has 6 atom stereocenters. The van der Waals surface area contributed by atoms with Gasteiger partial charge in [0.05, 0.1) is 11.2 Å². The van der Waals surface area contributed by atoms with Crippen molar-refractivity contribution in [2.45, 2.75) is 147 Å². The summed E-state index contributed by atoms with van der Waals surface area (Å²) in [7, 11) is 0. The van der Waals surface area contributed by atoms with E-state index in [-0.39, 0.29) is 107 Å². The van der Waals surface area contributed by atoms with E-state index in [1.54, 1.807) is 20.1 Å². The highest BCUT2D eigenvalue weighted by molar-refractivity contribution is 8.00. The van der Waals surface area contributed by atoms with Crippen LogP contribution in [-0.2, 0) is 67.1 Å². The summed E-state index contributed by atoms with van der Waals surface area (Å²) in [6.45, 7) is 5.06. The third-order valence-corrected chi connectivity index (χ3v) is 14.0. The second-order valence-electron chi connectivity index (χ2n) is 18.0. The molecule has 13 amide bonds. The second-order valence-corrected chi connectivity index (χ2v) is 20.1. The van der Waals surface area contributed by atoms with Crippen molar-refractivity contribution < 1.29 is 67.1 Å². The van der Waals surface area contributed by atoms with E-state index in [1.807, 2.05) is 0 Å². The summed E-state index contributed by atoms with van der Waals surface area (Å²) in [4.78, 5) is 178. The molecule has 1 fully saturated rings. The molecule has 25 nitrogen and oxygen atoms in total. The van der Waals surface area contributed by atoms with Crippen LogP contribution in [0.2, 0.25) is 0 Å². The number of unbranched alkanes of at least 4 members (excludes halogenated alkanes) is 3. The second kappa shape index (κ2) is 35.0. The van der Waals surface area contributed by atoms with E-state index in [4.69, 9.17) is 11.5 Å². The molecule has 75 heavy (non-hydrogen) atoms. The average molecular weight is 1090 g/mol. The van der Waals surface area contributed by atoms with Gasteiger partial charge in [-0.25, -0.2) is 0 Å². The number of imide groups is 2. The molecule has 0 bridgehead atoms. The zero-order valence-corrected chi connectivity index (χ0v) is 44.9. The third kappa shape index (κ3) is 24.7. The van der Waals surface area contributed by atoms with Crippen LogP contribution in [0.4, 0.5) is 0 Å². The van der Waals surface area contributed by atoms with Gasteiger partial charge in [0.25, 0.3) is 11.8 Å². The Bertz CT molecular complexity index is 2090. The summed E-state index contributed by atoms with van der Waals surface area (Å²) >= 11 is 2.24. The first-order chi connectivity index (χ1) is 35.6. The molecule has 0 aromatic carbocycles. The Labute approximate surface area is 445 Å². The molecular weight excluding hydrogens is 1020 g/mol. The fourth-order valence-electron chi connectivity index (χ4n) is 7.62. The zero-order valence-electron chi connectivity index (χ0n) is 43.3. The van der Waals surface area contributed by atoms with Gasteiger partial charge in [0.1, 0.15) is 30.0 Å². The fourth-order valence-corrected chi connectivity index (χ4v) is 9.47. The van der Waals surface area contributed by atoms with Crippen molar-refractivity contribution in [3.8, 4) is 0 Å². The molecule has 2 aliphatic heterocycles. The van der Waals surface area contributed by atoms with Crippen molar-refractivity contribution in [3.63, 3.8) is 0 Å². The van der Waals surface area contributed by atoms with Gasteiger partial charge in [0.2, 0.25) is 65.0 Å². The summed E-state index contributed by atoms with van der Waals surface area (Å²) in [5.41, 5.74) is 11.1. The predicted molar refractivity (Wildman–Crippen MR) is 277 cm³/mol. The van der Waals surface area contributed by atoms with Crippen molar-refractivity contribution in [1.29, 1.82) is 0 Å². The molecule has 2 aliphatic rings. The van der Waals surface area contributed by atoms with Gasteiger partial charge >= 0.3 is 0 Å². The first kappa shape index (κ1) is 64.7. The van der Waals surface area contributed by atoms with E-state index in [0.29, 0.717) is 51.5 Å². The molecule has 1 saturated heterocycles. The largest absolute Gasteiger partial charge is 0.368 e. The molecule has 11 N–H and O–H groups in total. The maximum Gasteiger partial charge on any atom is 0.253 e. The Morgan fingerprint density at radius 1 is 0.587 bits per heavy atom. The van der Waals surface area contributed by atoms with Gasteiger partial charge in [0, 0.05) is 94.9 Å². The highest BCUT2D eigenvalue weighted by atomic mass is 32.2. The third-order valence-electron chi connectivity index (χ3n) is 11.9. The number of hydrogen-bond acceptors (Lipinski definition) is 16. The standard InChI is InChI=1S/C48H75N11O14S2/c1-5-36(61)51-20-11-8-14-32(54-37(62)6-2)46(71)55-31(43(49)68)13-7-10-21-53-39(64)19-24-59-42(67)26-35(48(59)73)75-27-30(25-29(3)60)45(70)56-33(47(72)57-34(28-74-4)44(50)69)15-9-12-22-52-38(63)18-23-58-40(65)16-17-41(58)66/h16-17,30-35H,5-15,18-28H2,1-4H3,(H2,49,68)(H2,50,69)(H,51,61)(H,52,63)(H,53,64)(H,54,62)(H,55,71)(H,56,70)(H,57,72). The minimum absolute atomic E-state index is 0.0436. The van der Waals surface area contributed by atoms with Crippen molar-refractivity contribution in [2.75, 3.05) is 50.5 Å². The minimum atomic E-state index is -1.21. The Hall–Kier alpha value is -6.38. The van der Waals surface area contributed by atoms with E-state index < -0.39 is 100 Å². The zero-order chi connectivity index (χ0) is 56.0. The van der Waals surface area contributed by atoms with Gasteiger partial charge in [0.15, 0.2) is 0 Å². The van der Waals surface area contributed by atoms with Gasteiger partial charge in [-0.05, 0) is 71.0 Å². The maximum atomic E-state index is 13.8. The SMILES string of the molecule is CCC(=O)NCCCCC(NC(=O)CC)C(=O)NC(CCCCNC(=O)CCN1C(=O)CC(SCC(CC(C)=O)C(=O)NC(CCCCNC(=O)CCN2C(=O)C=CC2=O)C(=O)NC(CSC)C(N)=O)C1=O)C(N)=O. The van der Waals surface area contributed by atoms with Crippen LogP contribution in [0.5, 0.6) is 0 Å². The quantitative estimate of drug-likeness (QED) is 0.0240. The molecule has 6 unspecified atom stereocenters.